The second-order valence-corrected chi connectivity index (χ2v) is 7.85. The Morgan fingerprint density at radius 2 is 2.10 bits per heavy atom. The number of nitrogens with zero attached hydrogens (tertiary/aromatic N) is 2. The van der Waals surface area contributed by atoms with Crippen molar-refractivity contribution in [3.63, 3.8) is 0 Å². The highest BCUT2D eigenvalue weighted by molar-refractivity contribution is 6.31. The summed E-state index contributed by atoms with van der Waals surface area (Å²) in [6, 6.07) is 4.03. The average Bonchev–Trinajstić information content (AvgIpc) is 2.86. The number of anilines is 1. The van der Waals surface area contributed by atoms with Gasteiger partial charge in [0.1, 0.15) is 5.82 Å². The minimum atomic E-state index is 0.0669. The van der Waals surface area contributed by atoms with Gasteiger partial charge in [-0.1, -0.05) is 25.4 Å². The quantitative estimate of drug-likeness (QED) is 0.907. The monoisotopic (exact) mass is 309 g/mol. The molecular formula is C17H28ClN3. The van der Waals surface area contributed by atoms with E-state index in [9.17, 15) is 0 Å². The van der Waals surface area contributed by atoms with Gasteiger partial charge in [-0.05, 0) is 51.2 Å². The van der Waals surface area contributed by atoms with Crippen LogP contribution in [0.3, 0.4) is 0 Å². The molecular weight excluding hydrogens is 282 g/mol. The summed E-state index contributed by atoms with van der Waals surface area (Å²) < 4.78 is 0. The summed E-state index contributed by atoms with van der Waals surface area (Å²) >= 11 is 6.29. The van der Waals surface area contributed by atoms with Gasteiger partial charge < -0.3 is 10.2 Å². The van der Waals surface area contributed by atoms with Crippen molar-refractivity contribution in [3.8, 4) is 0 Å². The Morgan fingerprint density at radius 3 is 2.67 bits per heavy atom. The maximum atomic E-state index is 6.29. The van der Waals surface area contributed by atoms with Gasteiger partial charge in [-0.25, -0.2) is 4.98 Å². The molecule has 0 aromatic carbocycles. The van der Waals surface area contributed by atoms with E-state index in [0.29, 0.717) is 6.54 Å². The summed E-state index contributed by atoms with van der Waals surface area (Å²) in [5.74, 6) is 2.58. The Morgan fingerprint density at radius 1 is 1.38 bits per heavy atom. The highest BCUT2D eigenvalue weighted by Crippen LogP contribution is 2.28. The number of hydrogen-bond donors (Lipinski definition) is 1. The first-order chi connectivity index (χ1) is 9.76. The van der Waals surface area contributed by atoms with Crippen molar-refractivity contribution in [2.75, 3.05) is 18.0 Å². The molecule has 1 aromatic rings. The maximum Gasteiger partial charge on any atom is 0.128 e. The molecule has 1 aliphatic rings. The predicted octanol–water partition coefficient (Wildman–Crippen LogP) is 4.11. The van der Waals surface area contributed by atoms with Gasteiger partial charge in [-0.2, -0.15) is 0 Å². The topological polar surface area (TPSA) is 28.2 Å². The average molecular weight is 310 g/mol. The molecule has 118 valence electrons. The van der Waals surface area contributed by atoms with Crippen molar-refractivity contribution >= 4 is 17.4 Å². The second-order valence-electron chi connectivity index (χ2n) is 7.44. The summed E-state index contributed by atoms with van der Waals surface area (Å²) in [5, 5.41) is 4.20. The third-order valence-corrected chi connectivity index (χ3v) is 4.53. The van der Waals surface area contributed by atoms with Gasteiger partial charge in [0.2, 0.25) is 0 Å². The van der Waals surface area contributed by atoms with E-state index in [-0.39, 0.29) is 5.54 Å². The van der Waals surface area contributed by atoms with E-state index < -0.39 is 0 Å². The summed E-state index contributed by atoms with van der Waals surface area (Å²) in [6.45, 7) is 14.0. The molecule has 1 aromatic heterocycles. The van der Waals surface area contributed by atoms with E-state index in [0.717, 1.165) is 41.5 Å². The Bertz CT molecular complexity index is 479. The Hall–Kier alpha value is -0.800. The molecule has 1 aliphatic heterocycles. The maximum absolute atomic E-state index is 6.29. The third-order valence-electron chi connectivity index (χ3n) is 4.18. The van der Waals surface area contributed by atoms with Crippen LogP contribution in [-0.4, -0.2) is 23.6 Å². The molecule has 2 rings (SSSR count). The van der Waals surface area contributed by atoms with Crippen molar-refractivity contribution in [2.24, 2.45) is 11.8 Å². The molecule has 0 aliphatic carbocycles. The van der Waals surface area contributed by atoms with Crippen LogP contribution in [0.5, 0.6) is 0 Å². The summed E-state index contributed by atoms with van der Waals surface area (Å²) in [4.78, 5) is 7.17. The first-order valence-corrected chi connectivity index (χ1v) is 8.29. The molecule has 1 unspecified atom stereocenters. The standard InChI is InChI=1S/C17H28ClN3/c1-12(2)13-8-9-21(11-13)16-7-6-14(18)15(20-16)10-19-17(3,4)5/h6-7,12-13,19H,8-11H2,1-5H3. The summed E-state index contributed by atoms with van der Waals surface area (Å²) in [6.07, 6.45) is 1.26. The van der Waals surface area contributed by atoms with Crippen LogP contribution in [0.4, 0.5) is 5.82 Å². The Labute approximate surface area is 134 Å². The lowest BCUT2D eigenvalue weighted by molar-refractivity contribution is 0.420. The van der Waals surface area contributed by atoms with Crippen molar-refractivity contribution in [1.82, 2.24) is 10.3 Å². The van der Waals surface area contributed by atoms with Gasteiger partial charge in [0, 0.05) is 25.2 Å². The lowest BCUT2D eigenvalue weighted by Gasteiger charge is -2.22. The summed E-state index contributed by atoms with van der Waals surface area (Å²) in [5.41, 5.74) is 1.01. The van der Waals surface area contributed by atoms with E-state index in [1.54, 1.807) is 0 Å². The molecule has 1 N–H and O–H groups in total. The van der Waals surface area contributed by atoms with E-state index in [1.165, 1.54) is 6.42 Å². The van der Waals surface area contributed by atoms with Gasteiger partial charge in [0.15, 0.2) is 0 Å². The lowest BCUT2D eigenvalue weighted by Crippen LogP contribution is -2.35. The fourth-order valence-corrected chi connectivity index (χ4v) is 2.83. The number of hydrogen-bond acceptors (Lipinski definition) is 3. The van der Waals surface area contributed by atoms with E-state index >= 15 is 0 Å². The second kappa shape index (κ2) is 6.53. The third kappa shape index (κ3) is 4.58. The minimum absolute atomic E-state index is 0.0669. The van der Waals surface area contributed by atoms with Crippen LogP contribution < -0.4 is 10.2 Å². The Balaban J connectivity index is 2.08. The lowest BCUT2D eigenvalue weighted by atomic mass is 9.95. The van der Waals surface area contributed by atoms with Gasteiger partial charge >= 0.3 is 0 Å². The molecule has 3 nitrogen and oxygen atoms in total. The van der Waals surface area contributed by atoms with Gasteiger partial charge in [0.25, 0.3) is 0 Å². The van der Waals surface area contributed by atoms with E-state index in [4.69, 9.17) is 16.6 Å². The smallest absolute Gasteiger partial charge is 0.128 e. The molecule has 1 saturated heterocycles. The van der Waals surface area contributed by atoms with Crippen LogP contribution in [0.15, 0.2) is 12.1 Å². The Kier molecular flexibility index (Phi) is 5.15. The molecule has 2 heterocycles. The van der Waals surface area contributed by atoms with E-state index in [2.05, 4.69) is 44.8 Å². The first kappa shape index (κ1) is 16.6. The van der Waals surface area contributed by atoms with Gasteiger partial charge in [0.05, 0.1) is 10.7 Å². The molecule has 0 bridgehead atoms. The zero-order chi connectivity index (χ0) is 15.6. The summed E-state index contributed by atoms with van der Waals surface area (Å²) in [7, 11) is 0. The predicted molar refractivity (Wildman–Crippen MR) is 91.0 cm³/mol. The number of aromatic nitrogens is 1. The van der Waals surface area contributed by atoms with Crippen molar-refractivity contribution < 1.29 is 0 Å². The van der Waals surface area contributed by atoms with Crippen molar-refractivity contribution in [2.45, 2.75) is 53.1 Å². The molecule has 1 fully saturated rings. The number of halogens is 1. The highest BCUT2D eigenvalue weighted by Gasteiger charge is 2.26. The van der Waals surface area contributed by atoms with Crippen molar-refractivity contribution in [3.05, 3.63) is 22.8 Å². The molecule has 1 atom stereocenters. The zero-order valence-electron chi connectivity index (χ0n) is 13.9. The van der Waals surface area contributed by atoms with Crippen LogP contribution in [0.1, 0.15) is 46.7 Å². The SMILES string of the molecule is CC(C)C1CCN(c2ccc(Cl)c(CNC(C)(C)C)n2)C1. The molecule has 0 saturated carbocycles. The fraction of sp³-hybridized carbons (Fsp3) is 0.706. The van der Waals surface area contributed by atoms with Crippen LogP contribution >= 0.6 is 11.6 Å². The fourth-order valence-electron chi connectivity index (χ4n) is 2.66. The molecule has 4 heteroatoms. The van der Waals surface area contributed by atoms with Crippen LogP contribution in [0.2, 0.25) is 5.02 Å². The largest absolute Gasteiger partial charge is 0.356 e. The zero-order valence-corrected chi connectivity index (χ0v) is 14.7. The molecule has 21 heavy (non-hydrogen) atoms. The van der Waals surface area contributed by atoms with Crippen LogP contribution in [0.25, 0.3) is 0 Å². The van der Waals surface area contributed by atoms with Gasteiger partial charge in [-0.15, -0.1) is 0 Å². The van der Waals surface area contributed by atoms with Crippen LogP contribution in [-0.2, 0) is 6.54 Å². The normalized spacial score (nSPS) is 19.6. The minimum Gasteiger partial charge on any atom is -0.356 e. The van der Waals surface area contributed by atoms with Gasteiger partial charge in [-0.3, -0.25) is 0 Å². The molecule has 0 radical (unpaired) electrons. The highest BCUT2D eigenvalue weighted by atomic mass is 35.5. The number of pyridine rings is 1. The molecule has 0 amide bonds. The van der Waals surface area contributed by atoms with E-state index in [1.807, 2.05) is 12.1 Å². The van der Waals surface area contributed by atoms with Crippen molar-refractivity contribution in [1.29, 1.82) is 0 Å². The molecule has 0 spiro atoms. The first-order valence-electron chi connectivity index (χ1n) is 7.91. The van der Waals surface area contributed by atoms with Crippen LogP contribution in [0, 0.1) is 11.8 Å². The number of nitrogens with one attached hydrogen (secondary N) is 1. The number of rotatable bonds is 4.